The van der Waals surface area contributed by atoms with Gasteiger partial charge in [-0.05, 0) is 47.3 Å². The molecule has 2 atom stereocenters. The largest absolute Gasteiger partial charge is 0.326 e. The Bertz CT molecular complexity index is 855. The third-order valence-electron chi connectivity index (χ3n) is 4.43. The number of sulfonamides is 1. The lowest BCUT2D eigenvalue weighted by molar-refractivity contribution is 0.328. The van der Waals surface area contributed by atoms with E-state index < -0.39 is 16.1 Å². The van der Waals surface area contributed by atoms with Crippen LogP contribution >= 0.6 is 0 Å². The lowest BCUT2D eigenvalue weighted by Gasteiger charge is -2.29. The second-order valence-corrected chi connectivity index (χ2v) is 9.26. The summed E-state index contributed by atoms with van der Waals surface area (Å²) in [6.07, 6.45) is 0.567. The number of benzene rings is 2. The standard InChI is InChI=1S/C20H28N4O3S/c1-15(2)13-24(28(26,27)18-10-8-17(23-25)9-11-18)14-20(22)19(21)12-16-6-4-3-5-7-16/h3-11,15,19-20H,12-14,21-22H2,1-2H3/t19-,20+/m0/s1. The van der Waals surface area contributed by atoms with Crippen LogP contribution in [0.5, 0.6) is 0 Å². The van der Waals surface area contributed by atoms with E-state index in [0.29, 0.717) is 13.0 Å². The number of nitroso groups, excluding NO2 is 1. The van der Waals surface area contributed by atoms with Gasteiger partial charge in [0.2, 0.25) is 10.0 Å². The Kier molecular flexibility index (Phi) is 7.82. The molecule has 4 N–H and O–H groups in total. The minimum atomic E-state index is -3.77. The van der Waals surface area contributed by atoms with Crippen LogP contribution in [0, 0.1) is 10.8 Å². The van der Waals surface area contributed by atoms with Crippen molar-refractivity contribution in [1.82, 2.24) is 4.31 Å². The van der Waals surface area contributed by atoms with Gasteiger partial charge in [-0.25, -0.2) is 8.42 Å². The Balaban J connectivity index is 2.18. The van der Waals surface area contributed by atoms with Crippen molar-refractivity contribution in [2.24, 2.45) is 22.6 Å². The summed E-state index contributed by atoms with van der Waals surface area (Å²) >= 11 is 0. The molecule has 0 aliphatic rings. The molecule has 0 heterocycles. The second-order valence-electron chi connectivity index (χ2n) is 7.32. The summed E-state index contributed by atoms with van der Waals surface area (Å²) in [6.45, 7) is 4.32. The van der Waals surface area contributed by atoms with Crippen molar-refractivity contribution in [2.75, 3.05) is 13.1 Å². The summed E-state index contributed by atoms with van der Waals surface area (Å²) in [5.41, 5.74) is 13.8. The van der Waals surface area contributed by atoms with Gasteiger partial charge in [-0.3, -0.25) is 0 Å². The Morgan fingerprint density at radius 3 is 2.07 bits per heavy atom. The second kappa shape index (κ2) is 9.88. The summed E-state index contributed by atoms with van der Waals surface area (Å²) in [5, 5.41) is 2.80. The molecule has 0 aliphatic heterocycles. The molecule has 8 heteroatoms. The van der Waals surface area contributed by atoms with Gasteiger partial charge in [0.05, 0.1) is 4.90 Å². The van der Waals surface area contributed by atoms with Crippen molar-refractivity contribution in [2.45, 2.75) is 37.2 Å². The number of hydrogen-bond donors (Lipinski definition) is 2. The highest BCUT2D eigenvalue weighted by atomic mass is 32.2. The highest BCUT2D eigenvalue weighted by Gasteiger charge is 2.28. The molecule has 28 heavy (non-hydrogen) atoms. The Morgan fingerprint density at radius 1 is 0.929 bits per heavy atom. The van der Waals surface area contributed by atoms with Crippen LogP contribution in [-0.4, -0.2) is 37.9 Å². The predicted octanol–water partition coefficient (Wildman–Crippen LogP) is 2.63. The van der Waals surface area contributed by atoms with Gasteiger partial charge in [0.15, 0.2) is 0 Å². The molecule has 2 aromatic rings. The van der Waals surface area contributed by atoms with Crippen LogP contribution in [0.1, 0.15) is 19.4 Å². The fraction of sp³-hybridized carbons (Fsp3) is 0.400. The number of hydrogen-bond acceptors (Lipinski definition) is 6. The Hall–Kier alpha value is -2.13. The zero-order valence-electron chi connectivity index (χ0n) is 16.2. The number of nitrogens with two attached hydrogens (primary N) is 2. The first kappa shape index (κ1) is 22.2. The Morgan fingerprint density at radius 2 is 1.54 bits per heavy atom. The van der Waals surface area contributed by atoms with Crippen molar-refractivity contribution in [3.05, 3.63) is 65.1 Å². The molecular weight excluding hydrogens is 376 g/mol. The van der Waals surface area contributed by atoms with Gasteiger partial charge < -0.3 is 11.5 Å². The molecule has 0 fully saturated rings. The fourth-order valence-corrected chi connectivity index (χ4v) is 4.56. The van der Waals surface area contributed by atoms with Crippen LogP contribution in [0.15, 0.2) is 64.7 Å². The van der Waals surface area contributed by atoms with Crippen molar-refractivity contribution in [3.8, 4) is 0 Å². The molecule has 0 aromatic heterocycles. The van der Waals surface area contributed by atoms with Crippen molar-refractivity contribution in [3.63, 3.8) is 0 Å². The van der Waals surface area contributed by atoms with Gasteiger partial charge >= 0.3 is 0 Å². The minimum Gasteiger partial charge on any atom is -0.326 e. The maximum Gasteiger partial charge on any atom is 0.243 e. The first-order chi connectivity index (χ1) is 13.2. The predicted molar refractivity (Wildman–Crippen MR) is 112 cm³/mol. The molecule has 0 radical (unpaired) electrons. The number of nitrogens with zero attached hydrogens (tertiary/aromatic N) is 2. The lowest BCUT2D eigenvalue weighted by atomic mass is 10.0. The molecule has 2 rings (SSSR count). The van der Waals surface area contributed by atoms with Crippen LogP contribution in [0.25, 0.3) is 0 Å². The maximum absolute atomic E-state index is 13.1. The molecule has 0 amide bonds. The van der Waals surface area contributed by atoms with E-state index in [1.165, 1.54) is 28.6 Å². The third-order valence-corrected chi connectivity index (χ3v) is 6.27. The molecule has 7 nitrogen and oxygen atoms in total. The van der Waals surface area contributed by atoms with Gasteiger partial charge in [-0.1, -0.05) is 44.2 Å². The fourth-order valence-electron chi connectivity index (χ4n) is 2.91. The smallest absolute Gasteiger partial charge is 0.243 e. The summed E-state index contributed by atoms with van der Waals surface area (Å²) in [4.78, 5) is 10.7. The van der Waals surface area contributed by atoms with Gasteiger partial charge in [-0.15, -0.1) is 4.91 Å². The van der Waals surface area contributed by atoms with Crippen LogP contribution in [0.2, 0.25) is 0 Å². The summed E-state index contributed by atoms with van der Waals surface area (Å²) in [5.74, 6) is 0.114. The van der Waals surface area contributed by atoms with E-state index >= 15 is 0 Å². The first-order valence-corrected chi connectivity index (χ1v) is 10.7. The molecule has 152 valence electrons. The van der Waals surface area contributed by atoms with Crippen LogP contribution in [-0.2, 0) is 16.4 Å². The van der Waals surface area contributed by atoms with E-state index in [4.69, 9.17) is 11.5 Å². The van der Waals surface area contributed by atoms with Gasteiger partial charge in [0.1, 0.15) is 5.69 Å². The van der Waals surface area contributed by atoms with E-state index in [2.05, 4.69) is 5.18 Å². The molecule has 0 spiro atoms. The normalized spacial score (nSPS) is 14.2. The van der Waals surface area contributed by atoms with Gasteiger partial charge in [-0.2, -0.15) is 4.31 Å². The maximum atomic E-state index is 13.1. The molecule has 0 bridgehead atoms. The average molecular weight is 405 g/mol. The topological polar surface area (TPSA) is 119 Å². The third kappa shape index (κ3) is 5.93. The molecule has 2 aromatic carbocycles. The van der Waals surface area contributed by atoms with Crippen molar-refractivity contribution in [1.29, 1.82) is 0 Å². The van der Waals surface area contributed by atoms with Crippen molar-refractivity contribution >= 4 is 15.7 Å². The molecular formula is C20H28N4O3S. The summed E-state index contributed by atoms with van der Waals surface area (Å²) in [7, 11) is -3.77. The average Bonchev–Trinajstić information content (AvgIpc) is 2.67. The molecule has 0 aliphatic carbocycles. The lowest BCUT2D eigenvalue weighted by Crippen LogP contribution is -2.51. The zero-order valence-corrected chi connectivity index (χ0v) is 17.0. The highest BCUT2D eigenvalue weighted by molar-refractivity contribution is 7.89. The van der Waals surface area contributed by atoms with E-state index in [-0.39, 0.29) is 29.1 Å². The number of rotatable bonds is 10. The van der Waals surface area contributed by atoms with Crippen LogP contribution in [0.4, 0.5) is 5.69 Å². The zero-order chi connectivity index (χ0) is 20.7. The van der Waals surface area contributed by atoms with Crippen LogP contribution in [0.3, 0.4) is 0 Å². The quantitative estimate of drug-likeness (QED) is 0.590. The molecule has 0 saturated heterocycles. The molecule has 0 saturated carbocycles. The summed E-state index contributed by atoms with van der Waals surface area (Å²) < 4.78 is 27.6. The monoisotopic (exact) mass is 404 g/mol. The highest BCUT2D eigenvalue weighted by Crippen LogP contribution is 2.21. The Labute approximate surface area is 166 Å². The van der Waals surface area contributed by atoms with E-state index in [1.54, 1.807) is 0 Å². The van der Waals surface area contributed by atoms with E-state index in [0.717, 1.165) is 5.56 Å². The minimum absolute atomic E-state index is 0.101. The van der Waals surface area contributed by atoms with Crippen molar-refractivity contribution < 1.29 is 8.42 Å². The SMILES string of the molecule is CC(C)CN(C[C@@H](N)[C@@H](N)Cc1ccccc1)S(=O)(=O)c1ccc(N=O)cc1. The van der Waals surface area contributed by atoms with E-state index in [9.17, 15) is 13.3 Å². The van der Waals surface area contributed by atoms with Crippen LogP contribution < -0.4 is 11.5 Å². The van der Waals surface area contributed by atoms with Gasteiger partial charge in [0, 0.05) is 25.2 Å². The molecule has 0 unspecified atom stereocenters. The summed E-state index contributed by atoms with van der Waals surface area (Å²) in [6, 6.07) is 14.4. The first-order valence-electron chi connectivity index (χ1n) is 9.22. The van der Waals surface area contributed by atoms with E-state index in [1.807, 2.05) is 44.2 Å². The van der Waals surface area contributed by atoms with Gasteiger partial charge in [0.25, 0.3) is 0 Å².